The molecule has 0 unspecified atom stereocenters. The van der Waals surface area contributed by atoms with Gasteiger partial charge < -0.3 is 14.7 Å². The molecule has 7 heteroatoms. The maximum Gasteiger partial charge on any atom is 0.244 e. The van der Waals surface area contributed by atoms with E-state index in [-0.39, 0.29) is 18.4 Å². The maximum absolute atomic E-state index is 12.0. The molecular weight excluding hydrogens is 296 g/mol. The summed E-state index contributed by atoms with van der Waals surface area (Å²) >= 11 is 0. The first-order chi connectivity index (χ1) is 11.0. The highest BCUT2D eigenvalue weighted by molar-refractivity contribution is 5.94. The van der Waals surface area contributed by atoms with Crippen LogP contribution in [0.1, 0.15) is 17.0 Å². The standard InChI is InChI=1S/C16H18N4O3/c1-12-8-14(19-23-12)11-20(2)16(22)10-18-15(21)6-5-13-4-3-7-17-9-13/h3-9H,10-11H2,1-2H3,(H,18,21)/b6-5+. The smallest absolute Gasteiger partial charge is 0.244 e. The highest BCUT2D eigenvalue weighted by Gasteiger charge is 2.12. The molecule has 23 heavy (non-hydrogen) atoms. The molecule has 0 aliphatic heterocycles. The van der Waals surface area contributed by atoms with E-state index in [1.807, 2.05) is 6.07 Å². The number of hydrogen-bond acceptors (Lipinski definition) is 5. The number of nitrogens with zero attached hydrogens (tertiary/aromatic N) is 3. The van der Waals surface area contributed by atoms with Crippen molar-refractivity contribution >= 4 is 17.9 Å². The Bertz CT molecular complexity index is 694. The first-order valence-corrected chi connectivity index (χ1v) is 7.06. The molecule has 0 aliphatic rings. The molecule has 0 saturated heterocycles. The number of pyridine rings is 1. The number of aryl methyl sites for hydroxylation is 1. The zero-order valence-corrected chi connectivity index (χ0v) is 13.0. The summed E-state index contributed by atoms with van der Waals surface area (Å²) in [4.78, 5) is 29.1. The minimum absolute atomic E-state index is 0.0798. The molecule has 0 bridgehead atoms. The lowest BCUT2D eigenvalue weighted by atomic mass is 10.2. The van der Waals surface area contributed by atoms with E-state index in [0.29, 0.717) is 18.0 Å². The van der Waals surface area contributed by atoms with Crippen molar-refractivity contribution in [1.29, 1.82) is 0 Å². The lowest BCUT2D eigenvalue weighted by Gasteiger charge is -2.15. The molecule has 1 N–H and O–H groups in total. The van der Waals surface area contributed by atoms with E-state index in [0.717, 1.165) is 5.56 Å². The quantitative estimate of drug-likeness (QED) is 0.809. The summed E-state index contributed by atoms with van der Waals surface area (Å²) in [6.45, 7) is 2.04. The summed E-state index contributed by atoms with van der Waals surface area (Å²) in [6, 6.07) is 5.37. The van der Waals surface area contributed by atoms with Crippen molar-refractivity contribution < 1.29 is 14.1 Å². The third-order valence-electron chi connectivity index (χ3n) is 3.03. The van der Waals surface area contributed by atoms with Crippen LogP contribution < -0.4 is 5.32 Å². The number of hydrogen-bond donors (Lipinski definition) is 1. The number of carbonyl (C=O) groups is 2. The van der Waals surface area contributed by atoms with Crippen molar-refractivity contribution in [2.75, 3.05) is 13.6 Å². The molecule has 0 atom stereocenters. The number of nitrogens with one attached hydrogen (secondary N) is 1. The SMILES string of the molecule is Cc1cc(CN(C)C(=O)CNC(=O)/C=C/c2cccnc2)no1. The normalized spacial score (nSPS) is 10.7. The summed E-state index contributed by atoms with van der Waals surface area (Å²) in [5.74, 6) is 0.136. The van der Waals surface area contributed by atoms with E-state index in [1.165, 1.54) is 11.0 Å². The summed E-state index contributed by atoms with van der Waals surface area (Å²) in [6.07, 6.45) is 6.30. The van der Waals surface area contributed by atoms with Gasteiger partial charge in [0, 0.05) is 31.6 Å². The van der Waals surface area contributed by atoms with Crippen LogP contribution in [0, 0.1) is 6.92 Å². The predicted molar refractivity (Wildman–Crippen MR) is 84.0 cm³/mol. The largest absolute Gasteiger partial charge is 0.361 e. The summed E-state index contributed by atoms with van der Waals surface area (Å²) in [7, 11) is 1.64. The molecule has 2 amide bonds. The van der Waals surface area contributed by atoms with Gasteiger partial charge in [0.05, 0.1) is 13.1 Å². The number of likely N-dealkylation sites (N-methyl/N-ethyl adjacent to an activating group) is 1. The van der Waals surface area contributed by atoms with Crippen LogP contribution in [0.4, 0.5) is 0 Å². The minimum atomic E-state index is -0.340. The van der Waals surface area contributed by atoms with Crippen molar-refractivity contribution in [1.82, 2.24) is 20.4 Å². The fourth-order valence-electron chi connectivity index (χ4n) is 1.83. The zero-order chi connectivity index (χ0) is 16.7. The second-order valence-electron chi connectivity index (χ2n) is 5.02. The van der Waals surface area contributed by atoms with E-state index >= 15 is 0 Å². The molecule has 2 aromatic heterocycles. The van der Waals surface area contributed by atoms with Crippen molar-refractivity contribution in [3.8, 4) is 0 Å². The van der Waals surface area contributed by atoms with Gasteiger partial charge >= 0.3 is 0 Å². The molecule has 0 saturated carbocycles. The van der Waals surface area contributed by atoms with Crippen molar-refractivity contribution in [3.05, 3.63) is 53.7 Å². The maximum atomic E-state index is 12.0. The monoisotopic (exact) mass is 314 g/mol. The van der Waals surface area contributed by atoms with Crippen molar-refractivity contribution in [2.24, 2.45) is 0 Å². The molecule has 2 heterocycles. The predicted octanol–water partition coefficient (Wildman–Crippen LogP) is 1.17. The Labute approximate surface area is 134 Å². The Morgan fingerprint density at radius 2 is 2.26 bits per heavy atom. The molecule has 7 nitrogen and oxygen atoms in total. The van der Waals surface area contributed by atoms with Gasteiger partial charge in [-0.1, -0.05) is 11.2 Å². The van der Waals surface area contributed by atoms with Crippen molar-refractivity contribution in [2.45, 2.75) is 13.5 Å². The molecule has 2 rings (SSSR count). The Morgan fingerprint density at radius 3 is 2.91 bits per heavy atom. The van der Waals surface area contributed by atoms with Gasteiger partial charge in [0.2, 0.25) is 11.8 Å². The first kappa shape index (κ1) is 16.4. The topological polar surface area (TPSA) is 88.3 Å². The second kappa shape index (κ2) is 7.88. The molecule has 0 aliphatic carbocycles. The van der Waals surface area contributed by atoms with Crippen LogP contribution in [-0.4, -0.2) is 40.4 Å². The minimum Gasteiger partial charge on any atom is -0.361 e. The van der Waals surface area contributed by atoms with Crippen LogP contribution >= 0.6 is 0 Å². The van der Waals surface area contributed by atoms with E-state index in [2.05, 4.69) is 15.5 Å². The summed E-state index contributed by atoms with van der Waals surface area (Å²) in [5.41, 5.74) is 1.48. The highest BCUT2D eigenvalue weighted by Crippen LogP contribution is 2.04. The molecular formula is C16H18N4O3. The Kier molecular flexibility index (Phi) is 5.62. The van der Waals surface area contributed by atoms with Crippen LogP contribution in [-0.2, 0) is 16.1 Å². The van der Waals surface area contributed by atoms with Gasteiger partial charge in [0.15, 0.2) is 0 Å². The van der Waals surface area contributed by atoms with Gasteiger partial charge in [-0.25, -0.2) is 0 Å². The van der Waals surface area contributed by atoms with Crippen molar-refractivity contribution in [3.63, 3.8) is 0 Å². The molecule has 120 valence electrons. The number of carbonyl (C=O) groups excluding carboxylic acids is 2. The third-order valence-corrected chi connectivity index (χ3v) is 3.03. The second-order valence-corrected chi connectivity index (χ2v) is 5.02. The van der Waals surface area contributed by atoms with Gasteiger partial charge in [0.25, 0.3) is 0 Å². The number of aromatic nitrogens is 2. The Balaban J connectivity index is 1.77. The Hall–Kier alpha value is -2.96. The summed E-state index contributed by atoms with van der Waals surface area (Å²) in [5, 5.41) is 6.37. The van der Waals surface area contributed by atoms with Gasteiger partial charge in [-0.2, -0.15) is 0 Å². The van der Waals surface area contributed by atoms with Crippen LogP contribution in [0.5, 0.6) is 0 Å². The number of amides is 2. The first-order valence-electron chi connectivity index (χ1n) is 7.06. The fraction of sp³-hybridized carbons (Fsp3) is 0.250. The van der Waals surface area contributed by atoms with Crippen LogP contribution in [0.15, 0.2) is 41.2 Å². The fourth-order valence-corrected chi connectivity index (χ4v) is 1.83. The number of rotatable bonds is 6. The lowest BCUT2D eigenvalue weighted by Crippen LogP contribution is -2.37. The van der Waals surface area contributed by atoms with E-state index in [4.69, 9.17) is 4.52 Å². The van der Waals surface area contributed by atoms with Gasteiger partial charge in [-0.3, -0.25) is 14.6 Å². The van der Waals surface area contributed by atoms with Gasteiger partial charge in [-0.15, -0.1) is 0 Å². The average molecular weight is 314 g/mol. The van der Waals surface area contributed by atoms with Crippen LogP contribution in [0.2, 0.25) is 0 Å². The molecule has 0 radical (unpaired) electrons. The highest BCUT2D eigenvalue weighted by atomic mass is 16.5. The van der Waals surface area contributed by atoms with Crippen LogP contribution in [0.25, 0.3) is 6.08 Å². The molecule has 2 aromatic rings. The van der Waals surface area contributed by atoms with E-state index in [1.54, 1.807) is 44.6 Å². The average Bonchev–Trinajstić information content (AvgIpc) is 2.96. The van der Waals surface area contributed by atoms with Gasteiger partial charge in [0.1, 0.15) is 11.5 Å². The summed E-state index contributed by atoms with van der Waals surface area (Å²) < 4.78 is 4.95. The molecule has 0 fully saturated rings. The third kappa shape index (κ3) is 5.39. The van der Waals surface area contributed by atoms with Gasteiger partial charge in [-0.05, 0) is 24.6 Å². The molecule has 0 aromatic carbocycles. The zero-order valence-electron chi connectivity index (χ0n) is 13.0. The Morgan fingerprint density at radius 1 is 1.43 bits per heavy atom. The molecule has 0 spiro atoms. The van der Waals surface area contributed by atoms with Crippen LogP contribution in [0.3, 0.4) is 0 Å². The lowest BCUT2D eigenvalue weighted by molar-refractivity contribution is -0.131. The van der Waals surface area contributed by atoms with E-state index in [9.17, 15) is 9.59 Å². The van der Waals surface area contributed by atoms with E-state index < -0.39 is 0 Å².